The number of fused-ring (bicyclic) bond motifs is 6. The maximum atomic E-state index is 14.7. The van der Waals surface area contributed by atoms with Gasteiger partial charge in [0.05, 0.1) is 24.5 Å². The number of aryl methyl sites for hydroxylation is 1. The molecule has 3 aliphatic rings. The number of esters is 1. The molecule has 3 amide bonds. The third kappa shape index (κ3) is 9.99. The van der Waals surface area contributed by atoms with Gasteiger partial charge in [0.15, 0.2) is 0 Å². The first kappa shape index (κ1) is 48.6. The van der Waals surface area contributed by atoms with Crippen molar-refractivity contribution in [3.63, 3.8) is 0 Å². The molecule has 1 unspecified atom stereocenters. The molecule has 0 radical (unpaired) electrons. The van der Waals surface area contributed by atoms with Crippen LogP contribution in [0.4, 0.5) is 0 Å². The van der Waals surface area contributed by atoms with Crippen LogP contribution >= 0.6 is 0 Å². The second-order valence-electron chi connectivity index (χ2n) is 19.7. The largest absolute Gasteiger partial charge is 0.508 e. The number of phenols is 1. The Morgan fingerprint density at radius 2 is 1.79 bits per heavy atom. The fraction of sp³-hybridized carbons (Fsp3) is 0.531. The summed E-state index contributed by atoms with van der Waals surface area (Å²) in [7, 11) is 0.716. The van der Waals surface area contributed by atoms with Gasteiger partial charge in [-0.1, -0.05) is 53.7 Å². The van der Waals surface area contributed by atoms with Crippen molar-refractivity contribution in [2.75, 3.05) is 47.4 Å². The van der Waals surface area contributed by atoms with Crippen molar-refractivity contribution in [2.45, 2.75) is 110 Å². The standard InChI is InChI=1S/C49H66N8O8S/c1-11-56-40-17-16-32-24-36(40)37(45(56)35-14-12-18-50-43(35)29(2)3)25-49(6,7)28-65-48(62)38-15-13-19-57(52-38)47(61)39(22-31-20-33(32)23-34(58)21-31)51-46(60)44(30(4)5)55(10)41(59)26-54(9)66(63,64)42-27-53(42)8/h12,14,16-18,20-21,23-24,29-30,38-39,42,44,52,58H,11,13,15,19,22,25-28H2,1-10H3,(H,51,60)/t38-,39-,42+,44-,53?/m0/s1. The van der Waals surface area contributed by atoms with E-state index in [1.807, 2.05) is 24.4 Å². The summed E-state index contributed by atoms with van der Waals surface area (Å²) in [6.07, 6.45) is 3.26. The number of phenolic OH excluding ortho intramolecular Hbond substituents is 1. The van der Waals surface area contributed by atoms with Crippen LogP contribution in [0.25, 0.3) is 33.3 Å². The van der Waals surface area contributed by atoms with Gasteiger partial charge in [-0.3, -0.25) is 34.1 Å². The molecular weight excluding hydrogens is 861 g/mol. The number of carbonyl (C=O) groups is 4. The minimum Gasteiger partial charge on any atom is -0.508 e. The molecule has 0 spiro atoms. The highest BCUT2D eigenvalue weighted by Crippen LogP contribution is 2.42. The average molecular weight is 927 g/mol. The van der Waals surface area contributed by atoms with E-state index in [1.54, 1.807) is 37.9 Å². The lowest BCUT2D eigenvalue weighted by atomic mass is 9.83. The van der Waals surface area contributed by atoms with Crippen molar-refractivity contribution < 1.29 is 37.4 Å². The summed E-state index contributed by atoms with van der Waals surface area (Å²) < 4.78 is 35.5. The zero-order valence-corrected chi connectivity index (χ0v) is 40.7. The van der Waals surface area contributed by atoms with Gasteiger partial charge in [0.2, 0.25) is 21.8 Å². The van der Waals surface area contributed by atoms with Gasteiger partial charge >= 0.3 is 5.97 Å². The molecule has 7 rings (SSSR count). The summed E-state index contributed by atoms with van der Waals surface area (Å²) in [6, 6.07) is 12.4. The van der Waals surface area contributed by atoms with E-state index in [2.05, 4.69) is 68.1 Å². The van der Waals surface area contributed by atoms with E-state index in [-0.39, 0.29) is 31.2 Å². The molecule has 6 bridgehead atoms. The zero-order valence-electron chi connectivity index (χ0n) is 39.9. The molecule has 4 aromatic rings. The number of nitrogens with one attached hydrogen (secondary N) is 2. The van der Waals surface area contributed by atoms with Crippen LogP contribution in [0.5, 0.6) is 5.75 Å². The van der Waals surface area contributed by atoms with Crippen LogP contribution in [-0.4, -0.2) is 137 Å². The number of sulfonamides is 1. The first-order chi connectivity index (χ1) is 31.1. The molecule has 2 fully saturated rings. The van der Waals surface area contributed by atoms with E-state index in [9.17, 15) is 32.7 Å². The average Bonchev–Trinajstić information content (AvgIpc) is 3.95. The van der Waals surface area contributed by atoms with Crippen molar-refractivity contribution >= 4 is 44.6 Å². The fourth-order valence-electron chi connectivity index (χ4n) is 9.55. The number of hydrogen-bond donors (Lipinski definition) is 3. The van der Waals surface area contributed by atoms with Crippen LogP contribution in [0.1, 0.15) is 84.0 Å². The van der Waals surface area contributed by atoms with Crippen LogP contribution in [0.2, 0.25) is 0 Å². The predicted molar refractivity (Wildman–Crippen MR) is 253 cm³/mol. The summed E-state index contributed by atoms with van der Waals surface area (Å²) >= 11 is 0. The van der Waals surface area contributed by atoms with E-state index in [0.29, 0.717) is 43.5 Å². The number of rotatable bonds is 11. The van der Waals surface area contributed by atoms with Crippen LogP contribution in [0.15, 0.2) is 54.7 Å². The normalized spacial score (nSPS) is 21.7. The highest BCUT2D eigenvalue weighted by molar-refractivity contribution is 7.90. The molecule has 356 valence electrons. The highest BCUT2D eigenvalue weighted by Gasteiger charge is 2.45. The maximum Gasteiger partial charge on any atom is 0.324 e. The molecule has 3 aliphatic heterocycles. The Morgan fingerprint density at radius 3 is 2.45 bits per heavy atom. The Balaban J connectivity index is 1.29. The maximum absolute atomic E-state index is 14.7. The van der Waals surface area contributed by atoms with Crippen molar-refractivity contribution in [2.24, 2.45) is 11.3 Å². The van der Waals surface area contributed by atoms with E-state index in [1.165, 1.54) is 24.0 Å². The second-order valence-corrected chi connectivity index (χ2v) is 21.9. The van der Waals surface area contributed by atoms with Gasteiger partial charge in [-0.2, -0.15) is 4.31 Å². The van der Waals surface area contributed by atoms with Gasteiger partial charge in [0.25, 0.3) is 5.91 Å². The monoisotopic (exact) mass is 926 g/mol. The first-order valence-corrected chi connectivity index (χ1v) is 24.5. The quantitative estimate of drug-likeness (QED) is 0.138. The lowest BCUT2D eigenvalue weighted by molar-refractivity contribution is -0.155. The number of likely N-dealkylation sites (N-methyl/N-ethyl adjacent to an activating group) is 3. The lowest BCUT2D eigenvalue weighted by Crippen LogP contribution is -2.62. The van der Waals surface area contributed by atoms with Crippen molar-refractivity contribution in [3.8, 4) is 28.1 Å². The number of benzene rings is 2. The Morgan fingerprint density at radius 1 is 1.06 bits per heavy atom. The number of cyclic esters (lactones) is 1. The molecule has 5 atom stereocenters. The predicted octanol–water partition coefficient (Wildman–Crippen LogP) is 4.88. The summed E-state index contributed by atoms with van der Waals surface area (Å²) in [5.41, 5.74) is 9.86. The number of nitrogens with zero attached hydrogens (tertiary/aromatic N) is 6. The summed E-state index contributed by atoms with van der Waals surface area (Å²) in [4.78, 5) is 64.4. The van der Waals surface area contributed by atoms with Gasteiger partial charge < -0.3 is 24.6 Å². The van der Waals surface area contributed by atoms with Crippen molar-refractivity contribution in [1.82, 2.24) is 39.4 Å². The molecule has 16 nitrogen and oxygen atoms in total. The Kier molecular flexibility index (Phi) is 14.1. The zero-order chi connectivity index (χ0) is 48.0. The van der Waals surface area contributed by atoms with Gasteiger partial charge in [-0.15, -0.1) is 0 Å². The molecule has 5 heterocycles. The molecule has 2 saturated heterocycles. The molecule has 17 heteroatoms. The second kappa shape index (κ2) is 19.1. The lowest BCUT2D eigenvalue weighted by Gasteiger charge is -2.37. The number of ether oxygens (including phenoxy) is 1. The molecular formula is C49H66N8O8S. The third-order valence-corrected chi connectivity index (χ3v) is 15.3. The van der Waals surface area contributed by atoms with Gasteiger partial charge in [0.1, 0.15) is 29.2 Å². The number of amides is 3. The van der Waals surface area contributed by atoms with Crippen LogP contribution < -0.4 is 10.7 Å². The van der Waals surface area contributed by atoms with Crippen molar-refractivity contribution in [1.29, 1.82) is 0 Å². The number of aromatic hydroxyl groups is 1. The van der Waals surface area contributed by atoms with Gasteiger partial charge in [-0.05, 0) is 104 Å². The minimum atomic E-state index is -3.77. The van der Waals surface area contributed by atoms with Crippen LogP contribution in [0.3, 0.4) is 0 Å². The summed E-state index contributed by atoms with van der Waals surface area (Å²) in [5, 5.41) is 15.9. The highest BCUT2D eigenvalue weighted by atomic mass is 32.2. The molecule has 0 aliphatic carbocycles. The van der Waals surface area contributed by atoms with E-state index in [4.69, 9.17) is 9.72 Å². The van der Waals surface area contributed by atoms with Crippen molar-refractivity contribution in [3.05, 3.63) is 71.5 Å². The minimum absolute atomic E-state index is 0.0274. The number of hydrazine groups is 1. The van der Waals surface area contributed by atoms with Gasteiger partial charge in [0, 0.05) is 68.2 Å². The van der Waals surface area contributed by atoms with Crippen LogP contribution in [0, 0.1) is 11.3 Å². The number of pyridine rings is 1. The molecule has 66 heavy (non-hydrogen) atoms. The Hall–Kier alpha value is -5.36. The Labute approximate surface area is 388 Å². The molecule has 0 saturated carbocycles. The SMILES string of the molecule is CCn1c(-c2cccnc2C(C)C)c2c3cc(ccc31)-c1cc(O)cc(c1)C[C@H](NC(=O)[C@H](C(C)C)N(C)C(=O)CN(C)S(=O)(=O)[C@@H]1CN1C)C(=O)N1CCC[C@H](N1)C(=O)OCC(C)(C)C2. The summed E-state index contributed by atoms with van der Waals surface area (Å²) in [5.74, 6) is -2.52. The van der Waals surface area contributed by atoms with Gasteiger partial charge in [-0.25, -0.2) is 13.8 Å². The molecule has 2 aromatic heterocycles. The first-order valence-electron chi connectivity index (χ1n) is 23.0. The van der Waals surface area contributed by atoms with E-state index >= 15 is 0 Å². The topological polar surface area (TPSA) is 186 Å². The number of carbonyl (C=O) groups excluding carboxylic acids is 4. The Bertz CT molecular complexity index is 2630. The smallest absolute Gasteiger partial charge is 0.324 e. The number of hydrogen-bond acceptors (Lipinski definition) is 11. The summed E-state index contributed by atoms with van der Waals surface area (Å²) in [6.45, 7) is 15.0. The fourth-order valence-corrected chi connectivity index (χ4v) is 11.1. The third-order valence-electron chi connectivity index (χ3n) is 13.1. The molecule has 3 N–H and O–H groups in total. The van der Waals surface area contributed by atoms with Crippen LogP contribution in [-0.2, 0) is 53.3 Å². The van der Waals surface area contributed by atoms with E-state index in [0.717, 1.165) is 43.3 Å². The molecule has 2 aromatic carbocycles. The van der Waals surface area contributed by atoms with E-state index < -0.39 is 75.1 Å². The number of aromatic nitrogens is 2.